The Kier molecular flexibility index (Phi) is 4.98. The fourth-order valence-electron chi connectivity index (χ4n) is 4.21. The van der Waals surface area contributed by atoms with Crippen molar-refractivity contribution in [2.24, 2.45) is 0 Å². The molecule has 0 N–H and O–H groups in total. The van der Waals surface area contributed by atoms with Crippen LogP contribution in [0.4, 0.5) is 0 Å². The molecular weight excluding hydrogens is 374 g/mol. The number of hydrogen-bond acceptors (Lipinski definition) is 2. The van der Waals surface area contributed by atoms with Crippen LogP contribution in [0.1, 0.15) is 23.1 Å². The van der Waals surface area contributed by atoms with Gasteiger partial charge in [-0.1, -0.05) is 90.6 Å². The lowest BCUT2D eigenvalue weighted by molar-refractivity contribution is 0.626. The van der Waals surface area contributed by atoms with Crippen LogP contribution in [0.15, 0.2) is 78.9 Å². The molecule has 0 aliphatic rings. The predicted molar refractivity (Wildman–Crippen MR) is 126 cm³/mol. The van der Waals surface area contributed by atoms with Crippen molar-refractivity contribution in [3.8, 4) is 0 Å². The van der Waals surface area contributed by atoms with Gasteiger partial charge in [-0.05, 0) is 37.6 Å². The van der Waals surface area contributed by atoms with Gasteiger partial charge < -0.3 is 0 Å². The first-order chi connectivity index (χ1) is 13.4. The second-order valence-corrected chi connectivity index (χ2v) is 14.3. The van der Waals surface area contributed by atoms with Gasteiger partial charge in [0.05, 0.1) is 18.3 Å². The van der Waals surface area contributed by atoms with Gasteiger partial charge in [0.2, 0.25) is 0 Å². The summed E-state index contributed by atoms with van der Waals surface area (Å²) >= 11 is 1.85. The van der Waals surface area contributed by atoms with Crippen LogP contribution >= 0.6 is 11.3 Å². The third kappa shape index (κ3) is 3.57. The third-order valence-corrected chi connectivity index (χ3v) is 10.6. The quantitative estimate of drug-likeness (QED) is 0.347. The van der Waals surface area contributed by atoms with E-state index in [0.29, 0.717) is 0 Å². The number of rotatable bonds is 5. The van der Waals surface area contributed by atoms with E-state index in [-0.39, 0.29) is 5.41 Å². The minimum atomic E-state index is -1.68. The number of fused-ring (bicyclic) bond motifs is 1. The fourth-order valence-corrected chi connectivity index (χ4v) is 8.90. The van der Waals surface area contributed by atoms with E-state index in [0.717, 1.165) is 11.6 Å². The summed E-state index contributed by atoms with van der Waals surface area (Å²) in [5.41, 5.74) is 3.69. The number of aromatic nitrogens is 1. The normalized spacial score (nSPS) is 14.1. The molecule has 3 heteroatoms. The predicted octanol–water partition coefficient (Wildman–Crippen LogP) is 6.53. The molecule has 1 atom stereocenters. The maximum Gasteiger partial charge on any atom is 0.104 e. The highest BCUT2D eigenvalue weighted by molar-refractivity contribution is 7.18. The molecule has 142 valence electrons. The Bertz CT molecular complexity index is 1050. The van der Waals surface area contributed by atoms with E-state index < -0.39 is 8.07 Å². The van der Waals surface area contributed by atoms with Gasteiger partial charge in [-0.25, -0.2) is 4.98 Å². The van der Waals surface area contributed by atoms with Gasteiger partial charge in [-0.2, -0.15) is 0 Å². The molecule has 1 unspecified atom stereocenters. The van der Waals surface area contributed by atoms with Gasteiger partial charge >= 0.3 is 0 Å². The second kappa shape index (κ2) is 7.30. The van der Waals surface area contributed by atoms with Crippen molar-refractivity contribution in [3.63, 3.8) is 0 Å². The van der Waals surface area contributed by atoms with Crippen molar-refractivity contribution >= 4 is 34.8 Å². The van der Waals surface area contributed by atoms with Gasteiger partial charge in [0, 0.05) is 5.41 Å². The smallest absolute Gasteiger partial charge is 0.104 e. The molecule has 4 aromatic rings. The van der Waals surface area contributed by atoms with Crippen LogP contribution in [0.5, 0.6) is 0 Å². The topological polar surface area (TPSA) is 12.9 Å². The summed E-state index contributed by atoms with van der Waals surface area (Å²) in [5.74, 6) is 0. The third-order valence-electron chi connectivity index (χ3n) is 5.81. The van der Waals surface area contributed by atoms with Crippen molar-refractivity contribution in [2.45, 2.75) is 38.4 Å². The summed E-state index contributed by atoms with van der Waals surface area (Å²) in [6.07, 6.45) is 0. The van der Waals surface area contributed by atoms with Gasteiger partial charge in [0.1, 0.15) is 5.01 Å². The minimum Gasteiger partial charge on any atom is -0.240 e. The van der Waals surface area contributed by atoms with E-state index in [1.165, 1.54) is 26.0 Å². The summed E-state index contributed by atoms with van der Waals surface area (Å²) in [7, 11) is -1.68. The van der Waals surface area contributed by atoms with E-state index in [2.05, 4.69) is 106 Å². The first-order valence-corrected chi connectivity index (χ1v) is 13.9. The zero-order chi connectivity index (χ0) is 19.8. The molecule has 0 bridgehead atoms. The molecule has 4 rings (SSSR count). The number of para-hydroxylation sites is 1. The first kappa shape index (κ1) is 19.1. The van der Waals surface area contributed by atoms with Crippen molar-refractivity contribution in [1.29, 1.82) is 0 Å². The molecule has 0 radical (unpaired) electrons. The molecule has 1 heterocycles. The van der Waals surface area contributed by atoms with Crippen LogP contribution in [0, 0.1) is 6.92 Å². The maximum atomic E-state index is 5.10. The molecule has 0 saturated carbocycles. The summed E-state index contributed by atoms with van der Waals surface area (Å²) in [4.78, 5) is 5.10. The summed E-state index contributed by atoms with van der Waals surface area (Å²) in [5, 5.41) is 2.74. The molecule has 0 fully saturated rings. The highest BCUT2D eigenvalue weighted by Crippen LogP contribution is 2.42. The monoisotopic (exact) mass is 401 g/mol. The van der Waals surface area contributed by atoms with Crippen molar-refractivity contribution < 1.29 is 0 Å². The highest BCUT2D eigenvalue weighted by Gasteiger charge is 2.39. The lowest BCUT2D eigenvalue weighted by Gasteiger charge is -2.36. The average molecular weight is 402 g/mol. The second-order valence-electron chi connectivity index (χ2n) is 8.61. The van der Waals surface area contributed by atoms with Crippen molar-refractivity contribution in [1.82, 2.24) is 4.98 Å². The van der Waals surface area contributed by atoms with Gasteiger partial charge in [-0.15, -0.1) is 11.3 Å². The van der Waals surface area contributed by atoms with Crippen LogP contribution in [0.3, 0.4) is 0 Å². The zero-order valence-corrected chi connectivity index (χ0v) is 18.9. The minimum absolute atomic E-state index is 0.0943. The van der Waals surface area contributed by atoms with Gasteiger partial charge in [0.15, 0.2) is 0 Å². The molecule has 1 aromatic heterocycles. The van der Waals surface area contributed by atoms with E-state index in [1.807, 2.05) is 11.3 Å². The molecule has 0 spiro atoms. The Morgan fingerprint density at radius 2 is 1.50 bits per heavy atom. The van der Waals surface area contributed by atoms with Crippen LogP contribution in [-0.2, 0) is 5.41 Å². The van der Waals surface area contributed by atoms with Crippen molar-refractivity contribution in [3.05, 3.63) is 95.0 Å². The van der Waals surface area contributed by atoms with Gasteiger partial charge in [0.25, 0.3) is 0 Å². The Labute approximate surface area is 173 Å². The number of thiazole rings is 1. The first-order valence-electron chi connectivity index (χ1n) is 9.87. The molecular formula is C25H27NSSi. The van der Waals surface area contributed by atoms with Crippen LogP contribution in [0.25, 0.3) is 10.2 Å². The standard InChI is InChI=1S/C25H27NSSi/c1-19-14-16-20(17-15-19)25(2,18-28(3,4)21-10-6-5-7-11-21)24-26-22-12-8-9-13-23(22)27-24/h5-17H,18H2,1-4H3. The largest absolute Gasteiger partial charge is 0.240 e. The van der Waals surface area contributed by atoms with Crippen LogP contribution in [0.2, 0.25) is 19.1 Å². The number of aryl methyl sites for hydroxylation is 1. The molecule has 0 aliphatic carbocycles. The Balaban J connectivity index is 1.85. The molecule has 28 heavy (non-hydrogen) atoms. The number of nitrogens with zero attached hydrogens (tertiary/aromatic N) is 1. The van der Waals surface area contributed by atoms with E-state index in [4.69, 9.17) is 4.98 Å². The number of hydrogen-bond donors (Lipinski definition) is 0. The van der Waals surface area contributed by atoms with Crippen molar-refractivity contribution in [2.75, 3.05) is 0 Å². The van der Waals surface area contributed by atoms with E-state index >= 15 is 0 Å². The summed E-state index contributed by atoms with van der Waals surface area (Å²) in [6, 6.07) is 29.8. The van der Waals surface area contributed by atoms with E-state index in [1.54, 1.807) is 0 Å². The van der Waals surface area contributed by atoms with Crippen LogP contribution in [-0.4, -0.2) is 13.1 Å². The number of benzene rings is 3. The Hall–Kier alpha value is -2.23. The van der Waals surface area contributed by atoms with E-state index in [9.17, 15) is 0 Å². The Morgan fingerprint density at radius 1 is 0.857 bits per heavy atom. The molecule has 3 aromatic carbocycles. The lowest BCUT2D eigenvalue weighted by atomic mass is 9.84. The molecule has 1 nitrogen and oxygen atoms in total. The molecule has 0 amide bonds. The summed E-state index contributed by atoms with van der Waals surface area (Å²) < 4.78 is 1.27. The van der Waals surface area contributed by atoms with Crippen LogP contribution < -0.4 is 5.19 Å². The maximum absolute atomic E-state index is 5.10. The Morgan fingerprint density at radius 3 is 2.18 bits per heavy atom. The molecule has 0 aliphatic heterocycles. The fraction of sp³-hybridized carbons (Fsp3) is 0.240. The summed E-state index contributed by atoms with van der Waals surface area (Å²) in [6.45, 7) is 9.53. The average Bonchev–Trinajstić information content (AvgIpc) is 3.14. The lowest BCUT2D eigenvalue weighted by Crippen LogP contribution is -2.46. The SMILES string of the molecule is Cc1ccc(C(C)(C[Si](C)(C)c2ccccc2)c2nc3ccccc3s2)cc1. The zero-order valence-electron chi connectivity index (χ0n) is 17.1. The highest BCUT2D eigenvalue weighted by atomic mass is 32.1. The van der Waals surface area contributed by atoms with Gasteiger partial charge in [-0.3, -0.25) is 0 Å². The molecule has 0 saturated heterocycles.